The lowest BCUT2D eigenvalue weighted by Gasteiger charge is -2.41. The van der Waals surface area contributed by atoms with E-state index >= 15 is 0 Å². The molecule has 100 valence electrons. The highest BCUT2D eigenvalue weighted by atomic mass is 16.5. The van der Waals surface area contributed by atoms with Crippen LogP contribution < -0.4 is 10.6 Å². The van der Waals surface area contributed by atoms with Crippen molar-refractivity contribution in [3.8, 4) is 0 Å². The highest BCUT2D eigenvalue weighted by Gasteiger charge is 2.46. The van der Waals surface area contributed by atoms with Crippen molar-refractivity contribution in [2.24, 2.45) is 11.1 Å². The first-order valence-electron chi connectivity index (χ1n) is 6.05. The zero-order valence-corrected chi connectivity index (χ0v) is 10.6. The van der Waals surface area contributed by atoms with Crippen molar-refractivity contribution in [1.82, 2.24) is 4.98 Å². The van der Waals surface area contributed by atoms with E-state index in [1.165, 1.54) is 6.39 Å². The molecule has 0 radical (unpaired) electrons. The molecule has 1 fully saturated rings. The molecule has 0 saturated carbocycles. The number of nitrogens with two attached hydrogens (primary N) is 1. The first-order chi connectivity index (χ1) is 9.16. The molecule has 0 aliphatic carbocycles. The van der Waals surface area contributed by atoms with Crippen molar-refractivity contribution >= 4 is 22.7 Å². The number of amides is 1. The molecule has 2 heterocycles. The average molecular weight is 261 g/mol. The Balaban J connectivity index is 1.90. The quantitative estimate of drug-likeness (QED) is 0.882. The van der Waals surface area contributed by atoms with E-state index in [4.69, 9.17) is 14.9 Å². The second-order valence-corrected chi connectivity index (χ2v) is 4.85. The fourth-order valence-electron chi connectivity index (χ4n) is 2.20. The van der Waals surface area contributed by atoms with Crippen LogP contribution in [0.25, 0.3) is 11.1 Å². The summed E-state index contributed by atoms with van der Waals surface area (Å²) in [6.07, 6.45) is 1.39. The van der Waals surface area contributed by atoms with Gasteiger partial charge in [-0.15, -0.1) is 0 Å². The lowest BCUT2D eigenvalue weighted by atomic mass is 9.84. The molecule has 2 aromatic rings. The van der Waals surface area contributed by atoms with Gasteiger partial charge in [0, 0.05) is 25.3 Å². The van der Waals surface area contributed by atoms with Crippen molar-refractivity contribution in [3.05, 3.63) is 24.6 Å². The number of aromatic nitrogens is 1. The second-order valence-electron chi connectivity index (χ2n) is 4.85. The number of benzene rings is 1. The Morgan fingerprint density at radius 3 is 2.95 bits per heavy atom. The number of rotatable bonds is 3. The Kier molecular flexibility index (Phi) is 2.76. The van der Waals surface area contributed by atoms with E-state index in [0.29, 0.717) is 25.3 Å². The minimum absolute atomic E-state index is 0.0277. The van der Waals surface area contributed by atoms with E-state index in [9.17, 15) is 4.79 Å². The van der Waals surface area contributed by atoms with E-state index in [2.05, 4.69) is 4.98 Å². The van der Waals surface area contributed by atoms with Crippen LogP contribution in [0.4, 0.5) is 5.69 Å². The van der Waals surface area contributed by atoms with Crippen LogP contribution in [0.15, 0.2) is 29.0 Å². The Labute approximate surface area is 110 Å². The largest absolute Gasteiger partial charge is 0.443 e. The van der Waals surface area contributed by atoms with E-state index < -0.39 is 5.41 Å². The molecule has 6 heteroatoms. The molecule has 0 bridgehead atoms. The monoisotopic (exact) mass is 261 g/mol. The summed E-state index contributed by atoms with van der Waals surface area (Å²) < 4.78 is 10.4. The van der Waals surface area contributed by atoms with Gasteiger partial charge in [0.15, 0.2) is 12.0 Å². The van der Waals surface area contributed by atoms with Crippen LogP contribution in [-0.2, 0) is 9.53 Å². The van der Waals surface area contributed by atoms with Gasteiger partial charge in [-0.2, -0.15) is 0 Å². The van der Waals surface area contributed by atoms with Crippen LogP contribution in [0.2, 0.25) is 0 Å². The molecule has 0 spiro atoms. The minimum Gasteiger partial charge on any atom is -0.443 e. The zero-order valence-electron chi connectivity index (χ0n) is 10.6. The van der Waals surface area contributed by atoms with E-state index in [1.807, 2.05) is 12.1 Å². The number of anilines is 1. The lowest BCUT2D eigenvalue weighted by Crippen LogP contribution is -2.58. The number of carbonyl (C=O) groups excluding carboxylic acids is 1. The van der Waals surface area contributed by atoms with E-state index in [0.717, 1.165) is 11.2 Å². The van der Waals surface area contributed by atoms with Gasteiger partial charge in [0.05, 0.1) is 13.2 Å². The van der Waals surface area contributed by atoms with Gasteiger partial charge in [0.2, 0.25) is 5.91 Å². The van der Waals surface area contributed by atoms with Crippen LogP contribution in [0.1, 0.15) is 0 Å². The van der Waals surface area contributed by atoms with Crippen LogP contribution >= 0.6 is 0 Å². The van der Waals surface area contributed by atoms with Gasteiger partial charge >= 0.3 is 0 Å². The summed E-state index contributed by atoms with van der Waals surface area (Å²) in [7, 11) is 1.73. The molecule has 1 aromatic heterocycles. The average Bonchev–Trinajstić information content (AvgIpc) is 2.84. The predicted molar refractivity (Wildman–Crippen MR) is 69.7 cm³/mol. The Morgan fingerprint density at radius 2 is 2.32 bits per heavy atom. The standard InChI is InChI=1S/C13H15N3O3/c1-16(12(17)13(5-14)6-18-7-13)9-2-3-10-11(4-9)19-8-15-10/h2-4,8H,5-7,14H2,1H3. The summed E-state index contributed by atoms with van der Waals surface area (Å²) in [5.74, 6) is -0.0277. The van der Waals surface area contributed by atoms with Gasteiger partial charge in [-0.05, 0) is 12.1 Å². The summed E-state index contributed by atoms with van der Waals surface area (Å²) >= 11 is 0. The van der Waals surface area contributed by atoms with Gasteiger partial charge in [-0.3, -0.25) is 4.79 Å². The molecule has 0 unspecified atom stereocenters. The minimum atomic E-state index is -0.578. The molecule has 6 nitrogen and oxygen atoms in total. The molecule has 0 atom stereocenters. The van der Waals surface area contributed by atoms with Crippen molar-refractivity contribution in [3.63, 3.8) is 0 Å². The van der Waals surface area contributed by atoms with Crippen LogP contribution in [0, 0.1) is 5.41 Å². The maximum absolute atomic E-state index is 12.5. The van der Waals surface area contributed by atoms with Crippen LogP contribution in [0.3, 0.4) is 0 Å². The number of ether oxygens (including phenoxy) is 1. The molecule has 2 N–H and O–H groups in total. The molecule has 1 saturated heterocycles. The molecule has 1 aromatic carbocycles. The summed E-state index contributed by atoms with van der Waals surface area (Å²) in [5.41, 5.74) is 7.31. The Bertz CT molecular complexity index is 613. The molecular formula is C13H15N3O3. The van der Waals surface area contributed by atoms with Crippen LogP contribution in [-0.4, -0.2) is 37.7 Å². The van der Waals surface area contributed by atoms with Crippen molar-refractivity contribution in [1.29, 1.82) is 0 Å². The van der Waals surface area contributed by atoms with E-state index in [1.54, 1.807) is 18.0 Å². The summed E-state index contributed by atoms with van der Waals surface area (Å²) in [5, 5.41) is 0. The number of nitrogens with zero attached hydrogens (tertiary/aromatic N) is 2. The molecule has 1 aliphatic heterocycles. The number of hydrogen-bond donors (Lipinski definition) is 1. The fraction of sp³-hybridized carbons (Fsp3) is 0.385. The maximum Gasteiger partial charge on any atom is 0.238 e. The van der Waals surface area contributed by atoms with Gasteiger partial charge in [-0.1, -0.05) is 0 Å². The predicted octanol–water partition coefficient (Wildman–Crippen LogP) is 0.766. The number of oxazole rings is 1. The molecule has 1 aliphatic rings. The molecule has 1 amide bonds. The zero-order chi connectivity index (χ0) is 13.5. The SMILES string of the molecule is CN(C(=O)C1(CN)COC1)c1ccc2ncoc2c1. The van der Waals surface area contributed by atoms with Gasteiger partial charge in [0.1, 0.15) is 10.9 Å². The smallest absolute Gasteiger partial charge is 0.238 e. The third-order valence-corrected chi connectivity index (χ3v) is 3.61. The molecular weight excluding hydrogens is 246 g/mol. The van der Waals surface area contributed by atoms with Crippen molar-refractivity contribution < 1.29 is 13.9 Å². The Morgan fingerprint density at radius 1 is 1.53 bits per heavy atom. The second kappa shape index (κ2) is 4.32. The lowest BCUT2D eigenvalue weighted by molar-refractivity contribution is -0.156. The molecule has 3 rings (SSSR count). The number of fused-ring (bicyclic) bond motifs is 1. The number of hydrogen-bond acceptors (Lipinski definition) is 5. The fourth-order valence-corrected chi connectivity index (χ4v) is 2.20. The molecule has 19 heavy (non-hydrogen) atoms. The summed E-state index contributed by atoms with van der Waals surface area (Å²) in [6.45, 7) is 1.06. The highest BCUT2D eigenvalue weighted by Crippen LogP contribution is 2.31. The van der Waals surface area contributed by atoms with Crippen molar-refractivity contribution in [2.75, 3.05) is 31.7 Å². The summed E-state index contributed by atoms with van der Waals surface area (Å²) in [6, 6.07) is 5.46. The van der Waals surface area contributed by atoms with Gasteiger partial charge < -0.3 is 19.8 Å². The topological polar surface area (TPSA) is 81.6 Å². The first kappa shape index (κ1) is 12.1. The maximum atomic E-state index is 12.5. The van der Waals surface area contributed by atoms with Crippen LogP contribution in [0.5, 0.6) is 0 Å². The first-order valence-corrected chi connectivity index (χ1v) is 6.05. The normalized spacial score (nSPS) is 17.2. The summed E-state index contributed by atoms with van der Waals surface area (Å²) in [4.78, 5) is 18.1. The van der Waals surface area contributed by atoms with Crippen molar-refractivity contribution in [2.45, 2.75) is 0 Å². The third kappa shape index (κ3) is 1.80. The highest BCUT2D eigenvalue weighted by molar-refractivity contribution is 5.99. The number of carbonyl (C=O) groups is 1. The third-order valence-electron chi connectivity index (χ3n) is 3.61. The van der Waals surface area contributed by atoms with Gasteiger partial charge in [-0.25, -0.2) is 4.98 Å². The Hall–Kier alpha value is -1.92. The van der Waals surface area contributed by atoms with Gasteiger partial charge in [0.25, 0.3) is 0 Å². The van der Waals surface area contributed by atoms with E-state index in [-0.39, 0.29) is 5.91 Å².